The molecule has 0 heterocycles. The molecule has 92 valence electrons. The minimum absolute atomic E-state index is 0.130. The van der Waals surface area contributed by atoms with E-state index in [-0.39, 0.29) is 11.0 Å². The lowest BCUT2D eigenvalue weighted by Gasteiger charge is -2.26. The molecule has 0 radical (unpaired) electrons. The van der Waals surface area contributed by atoms with Gasteiger partial charge >= 0.3 is 18.2 Å². The molecule has 1 rings (SSSR count). The summed E-state index contributed by atoms with van der Waals surface area (Å²) in [6.45, 7) is 13.0. The van der Waals surface area contributed by atoms with Gasteiger partial charge in [0.25, 0.3) is 0 Å². The average Bonchev–Trinajstić information content (AvgIpc) is 2.14. The second-order valence-corrected chi connectivity index (χ2v) is 9.13. The van der Waals surface area contributed by atoms with E-state index in [1.165, 1.54) is 9.26 Å². The van der Waals surface area contributed by atoms with Gasteiger partial charge in [-0.25, -0.2) is 0 Å². The standard InChI is InChI=1S/C14H21O.BrH.Mg/c1-13(2,3)11-7-9-12(10-8-11)15-14(4,5)6;;/h7-9H,1-6H3;1H;/q;;+1/p-1. The van der Waals surface area contributed by atoms with Gasteiger partial charge in [0.05, 0.1) is 5.75 Å². The third-order valence-corrected chi connectivity index (χ3v) is 5.14. The zero-order valence-electron chi connectivity index (χ0n) is 11.7. The molecule has 3 heteroatoms. The monoisotopic (exact) mass is 308 g/mol. The molecule has 0 N–H and O–H groups in total. The fourth-order valence-corrected chi connectivity index (χ4v) is 3.51. The summed E-state index contributed by atoms with van der Waals surface area (Å²) in [6.07, 6.45) is 0. The largest absolute Gasteiger partial charge is 0.512 e. The Morgan fingerprint density at radius 2 is 1.65 bits per heavy atom. The number of rotatable bonds is 2. The maximum Gasteiger partial charge on any atom is 0.512 e. The molecule has 0 bridgehead atoms. The second kappa shape index (κ2) is 5.49. The summed E-state index contributed by atoms with van der Waals surface area (Å²) in [7, 11) is 0. The van der Waals surface area contributed by atoms with E-state index in [9.17, 15) is 0 Å². The predicted molar refractivity (Wildman–Crippen MR) is 79.8 cm³/mol. The van der Waals surface area contributed by atoms with Crippen LogP contribution < -0.4 is 8.43 Å². The van der Waals surface area contributed by atoms with Crippen LogP contribution in [0, 0.1) is 0 Å². The van der Waals surface area contributed by atoms with Crippen LogP contribution >= 0.6 is 12.9 Å². The zero-order chi connectivity index (χ0) is 13.3. The third kappa shape index (κ3) is 4.80. The SMILES string of the molecule is CC(C)(C)Oc1ccc(C(C)(C)C)c[c]1[Mg][Br]. The Balaban J connectivity index is 3.10. The lowest BCUT2D eigenvalue weighted by Crippen LogP contribution is -2.28. The van der Waals surface area contributed by atoms with Gasteiger partial charge in [-0.2, -0.15) is 0 Å². The van der Waals surface area contributed by atoms with Gasteiger partial charge in [0.2, 0.25) is 0 Å². The maximum atomic E-state index is 6.00. The fraction of sp³-hybridized carbons (Fsp3) is 0.571. The zero-order valence-corrected chi connectivity index (χ0v) is 14.7. The van der Waals surface area contributed by atoms with E-state index < -0.39 is 18.2 Å². The normalized spacial score (nSPS) is 12.2. The Morgan fingerprint density at radius 1 is 1.06 bits per heavy atom. The van der Waals surface area contributed by atoms with Crippen LogP contribution in [-0.4, -0.2) is 23.8 Å². The Morgan fingerprint density at radius 3 is 2.06 bits per heavy atom. The molecular formula is C14H21BrMgO. The summed E-state index contributed by atoms with van der Waals surface area (Å²) in [5, 5.41) is 0. The first kappa shape index (κ1) is 15.3. The van der Waals surface area contributed by atoms with Crippen molar-refractivity contribution >= 4 is 34.8 Å². The third-order valence-electron chi connectivity index (χ3n) is 2.49. The first-order valence-electron chi connectivity index (χ1n) is 6.02. The van der Waals surface area contributed by atoms with Crippen molar-refractivity contribution in [2.75, 3.05) is 0 Å². The van der Waals surface area contributed by atoms with Crippen molar-refractivity contribution in [1.29, 1.82) is 0 Å². The summed E-state index contributed by atoms with van der Waals surface area (Å²) in [5.74, 6) is 1.04. The van der Waals surface area contributed by atoms with Gasteiger partial charge in [-0.05, 0) is 37.8 Å². The molecule has 1 nitrogen and oxygen atoms in total. The van der Waals surface area contributed by atoms with E-state index in [1.54, 1.807) is 0 Å². The fourth-order valence-electron chi connectivity index (χ4n) is 1.58. The maximum absolute atomic E-state index is 6.00. The lowest BCUT2D eigenvalue weighted by molar-refractivity contribution is 0.132. The van der Waals surface area contributed by atoms with Crippen molar-refractivity contribution in [3.8, 4) is 5.75 Å². The van der Waals surface area contributed by atoms with E-state index in [0.717, 1.165) is 5.75 Å². The van der Waals surface area contributed by atoms with Crippen LogP contribution in [-0.2, 0) is 5.41 Å². The number of hydrogen-bond donors (Lipinski definition) is 0. The van der Waals surface area contributed by atoms with E-state index in [2.05, 4.69) is 72.6 Å². The molecule has 0 saturated heterocycles. The van der Waals surface area contributed by atoms with Crippen molar-refractivity contribution < 1.29 is 4.74 Å². The van der Waals surface area contributed by atoms with Gasteiger partial charge in [0.15, 0.2) is 0 Å². The van der Waals surface area contributed by atoms with E-state index in [4.69, 9.17) is 4.74 Å². The van der Waals surface area contributed by atoms with Gasteiger partial charge in [0, 0.05) is 0 Å². The minimum atomic E-state index is -0.398. The summed E-state index contributed by atoms with van der Waals surface area (Å²) in [6, 6.07) is 6.60. The van der Waals surface area contributed by atoms with Crippen LogP contribution in [0.15, 0.2) is 18.2 Å². The second-order valence-electron chi connectivity index (χ2n) is 6.42. The molecule has 0 spiro atoms. The quantitative estimate of drug-likeness (QED) is 0.755. The van der Waals surface area contributed by atoms with Crippen LogP contribution in [0.3, 0.4) is 0 Å². The van der Waals surface area contributed by atoms with Crippen molar-refractivity contribution in [2.24, 2.45) is 0 Å². The topological polar surface area (TPSA) is 9.23 Å². The molecule has 0 atom stereocenters. The van der Waals surface area contributed by atoms with Crippen molar-refractivity contribution in [1.82, 2.24) is 0 Å². The smallest absolute Gasteiger partial charge is 0.491 e. The highest BCUT2D eigenvalue weighted by Gasteiger charge is 2.18. The van der Waals surface area contributed by atoms with Crippen LogP contribution in [0.4, 0.5) is 0 Å². The molecule has 0 unspecified atom stereocenters. The van der Waals surface area contributed by atoms with Crippen LogP contribution in [0.2, 0.25) is 0 Å². The van der Waals surface area contributed by atoms with Gasteiger partial charge in [-0.3, -0.25) is 12.9 Å². The Bertz CT molecular complexity index is 388. The van der Waals surface area contributed by atoms with Crippen molar-refractivity contribution in [3.05, 3.63) is 23.8 Å². The molecule has 0 fully saturated rings. The van der Waals surface area contributed by atoms with E-state index >= 15 is 0 Å². The van der Waals surface area contributed by atoms with Crippen LogP contribution in [0.25, 0.3) is 0 Å². The number of benzene rings is 1. The number of ether oxygens (including phenoxy) is 1. The number of hydrogen-bond acceptors (Lipinski definition) is 1. The molecule has 0 aliphatic rings. The first-order chi connectivity index (χ1) is 7.63. The Hall–Kier alpha value is 0.266. The molecule has 1 aromatic rings. The summed E-state index contributed by atoms with van der Waals surface area (Å²) in [4.78, 5) is 0. The van der Waals surface area contributed by atoms with Gasteiger partial charge in [0.1, 0.15) is 5.60 Å². The van der Waals surface area contributed by atoms with Gasteiger partial charge in [-0.1, -0.05) is 32.9 Å². The molecule has 17 heavy (non-hydrogen) atoms. The summed E-state index contributed by atoms with van der Waals surface area (Å²) in [5.41, 5.74) is 1.45. The molecule has 1 aromatic carbocycles. The van der Waals surface area contributed by atoms with Gasteiger partial charge in [-0.15, -0.1) is 3.69 Å². The van der Waals surface area contributed by atoms with E-state index in [0.29, 0.717) is 0 Å². The van der Waals surface area contributed by atoms with Crippen molar-refractivity contribution in [3.63, 3.8) is 0 Å². The Kier molecular flexibility index (Phi) is 4.95. The predicted octanol–water partition coefficient (Wildman–Crippen LogP) is 3.80. The molecule has 0 aliphatic heterocycles. The Labute approximate surface area is 121 Å². The van der Waals surface area contributed by atoms with E-state index in [1.807, 2.05) is 0 Å². The highest BCUT2D eigenvalue weighted by atomic mass is 79.9. The lowest BCUT2D eigenvalue weighted by atomic mass is 9.87. The molecule has 0 amide bonds. The van der Waals surface area contributed by atoms with Crippen LogP contribution in [0.5, 0.6) is 5.75 Å². The molecule has 0 aliphatic carbocycles. The number of halogens is 1. The highest BCUT2D eigenvalue weighted by molar-refractivity contribution is 9.23. The minimum Gasteiger partial charge on any atom is -0.491 e. The molecule has 0 saturated carbocycles. The summed E-state index contributed by atoms with van der Waals surface area (Å²) >= 11 is 3.28. The van der Waals surface area contributed by atoms with Crippen LogP contribution in [0.1, 0.15) is 47.1 Å². The molecule has 0 aromatic heterocycles. The summed E-state index contributed by atoms with van der Waals surface area (Å²) < 4.78 is 7.35. The first-order valence-corrected chi connectivity index (χ1v) is 10.6. The van der Waals surface area contributed by atoms with Gasteiger partial charge < -0.3 is 4.74 Å². The van der Waals surface area contributed by atoms with Crippen molar-refractivity contribution in [2.45, 2.75) is 52.6 Å². The average molecular weight is 310 g/mol. The molecular weight excluding hydrogens is 288 g/mol. The highest BCUT2D eigenvalue weighted by Crippen LogP contribution is 2.24.